The molecule has 4 aromatic rings. The Labute approximate surface area is 164 Å². The van der Waals surface area contributed by atoms with Gasteiger partial charge in [0.05, 0.1) is 22.6 Å². The molecule has 140 valence electrons. The molecule has 0 atom stereocenters. The molecule has 0 bridgehead atoms. The average Bonchev–Trinajstić information content (AvgIpc) is 3.39. The van der Waals surface area contributed by atoms with Gasteiger partial charge in [-0.05, 0) is 35.7 Å². The number of thiophene rings is 1. The predicted molar refractivity (Wildman–Crippen MR) is 106 cm³/mol. The maximum Gasteiger partial charge on any atom is 0.240 e. The van der Waals surface area contributed by atoms with Gasteiger partial charge >= 0.3 is 0 Å². The van der Waals surface area contributed by atoms with Crippen molar-refractivity contribution in [1.82, 2.24) is 19.3 Å². The first kappa shape index (κ1) is 18.1. The zero-order chi connectivity index (χ0) is 18.9. The molecule has 3 heterocycles. The second-order valence-electron chi connectivity index (χ2n) is 5.66. The third-order valence-electron chi connectivity index (χ3n) is 3.93. The highest BCUT2D eigenvalue weighted by Crippen LogP contribution is 2.24. The molecule has 1 aromatic carbocycles. The summed E-state index contributed by atoms with van der Waals surface area (Å²) in [7, 11) is -2.03. The number of nitrogens with zero attached hydrogens (tertiary/aromatic N) is 3. The molecule has 4 rings (SSSR count). The van der Waals surface area contributed by atoms with E-state index in [0.717, 1.165) is 15.5 Å². The Morgan fingerprint density at radius 3 is 2.70 bits per heavy atom. The third kappa shape index (κ3) is 3.74. The zero-order valence-corrected chi connectivity index (χ0v) is 16.8. The molecule has 0 aliphatic carbocycles. The maximum atomic E-state index is 12.4. The van der Waals surface area contributed by atoms with Crippen molar-refractivity contribution < 1.29 is 13.2 Å². The van der Waals surface area contributed by atoms with E-state index in [1.165, 1.54) is 30.6 Å². The number of sulfonamides is 1. The average molecular weight is 421 g/mol. The van der Waals surface area contributed by atoms with Crippen molar-refractivity contribution in [3.05, 3.63) is 52.9 Å². The van der Waals surface area contributed by atoms with Crippen molar-refractivity contribution in [2.24, 2.45) is 0 Å². The van der Waals surface area contributed by atoms with Crippen LogP contribution in [0, 0.1) is 0 Å². The number of thiazole rings is 1. The first-order chi connectivity index (χ1) is 13.1. The predicted octanol–water partition coefficient (Wildman–Crippen LogP) is 3.05. The molecule has 0 saturated heterocycles. The van der Waals surface area contributed by atoms with Gasteiger partial charge in [0.2, 0.25) is 15.0 Å². The van der Waals surface area contributed by atoms with Crippen LogP contribution in [-0.4, -0.2) is 36.7 Å². The minimum atomic E-state index is -3.57. The topological polar surface area (TPSA) is 85.6 Å². The van der Waals surface area contributed by atoms with Crippen LogP contribution in [0.15, 0.2) is 52.1 Å². The number of fused-ring (bicyclic) bond motifs is 1. The van der Waals surface area contributed by atoms with E-state index in [1.54, 1.807) is 28.0 Å². The van der Waals surface area contributed by atoms with E-state index in [0.29, 0.717) is 18.0 Å². The van der Waals surface area contributed by atoms with Crippen LogP contribution in [0.5, 0.6) is 5.75 Å². The van der Waals surface area contributed by atoms with Crippen molar-refractivity contribution in [3.8, 4) is 16.5 Å². The number of hydrogen-bond acceptors (Lipinski definition) is 7. The number of nitrogens with one attached hydrogen (secondary N) is 1. The van der Waals surface area contributed by atoms with Gasteiger partial charge in [0.25, 0.3) is 0 Å². The van der Waals surface area contributed by atoms with Crippen molar-refractivity contribution in [1.29, 1.82) is 0 Å². The van der Waals surface area contributed by atoms with E-state index in [1.807, 2.05) is 22.9 Å². The molecule has 0 amide bonds. The van der Waals surface area contributed by atoms with E-state index < -0.39 is 10.0 Å². The first-order valence-electron chi connectivity index (χ1n) is 8.07. The van der Waals surface area contributed by atoms with Crippen molar-refractivity contribution >= 4 is 37.7 Å². The molecule has 10 heteroatoms. The summed E-state index contributed by atoms with van der Waals surface area (Å²) < 4.78 is 34.3. The standard InChI is InChI=1S/C17H16N4O3S3/c1-24-13-4-6-14(7-5-13)27(22,23)18-9-8-12-11-26-17-19-16(20-21(12)17)15-3-2-10-25-15/h2-7,10-11,18H,8-9H2,1H3. The van der Waals surface area contributed by atoms with Crippen LogP contribution in [0.25, 0.3) is 15.7 Å². The molecule has 0 aliphatic heterocycles. The molecule has 3 aromatic heterocycles. The number of benzene rings is 1. The fourth-order valence-electron chi connectivity index (χ4n) is 2.56. The highest BCUT2D eigenvalue weighted by molar-refractivity contribution is 7.89. The lowest BCUT2D eigenvalue weighted by Gasteiger charge is -2.07. The van der Waals surface area contributed by atoms with Crippen LogP contribution < -0.4 is 9.46 Å². The first-order valence-corrected chi connectivity index (χ1v) is 11.3. The Hall–Kier alpha value is -2.27. The van der Waals surface area contributed by atoms with Crippen LogP contribution in [0.4, 0.5) is 0 Å². The van der Waals surface area contributed by atoms with Crippen molar-refractivity contribution in [2.45, 2.75) is 11.3 Å². The zero-order valence-electron chi connectivity index (χ0n) is 14.3. The molecular weight excluding hydrogens is 404 g/mol. The van der Waals surface area contributed by atoms with Gasteiger partial charge < -0.3 is 4.74 Å². The van der Waals surface area contributed by atoms with Crippen LogP contribution in [0.1, 0.15) is 5.69 Å². The van der Waals surface area contributed by atoms with E-state index in [-0.39, 0.29) is 11.4 Å². The van der Waals surface area contributed by atoms with Crippen molar-refractivity contribution in [3.63, 3.8) is 0 Å². The number of ether oxygens (including phenoxy) is 1. The van der Waals surface area contributed by atoms with E-state index in [2.05, 4.69) is 14.8 Å². The summed E-state index contributed by atoms with van der Waals surface area (Å²) in [6.45, 7) is 0.272. The number of hydrogen-bond donors (Lipinski definition) is 1. The summed E-state index contributed by atoms with van der Waals surface area (Å²) in [6, 6.07) is 10.2. The fourth-order valence-corrected chi connectivity index (χ4v) is 5.10. The summed E-state index contributed by atoms with van der Waals surface area (Å²) in [6.07, 6.45) is 0.516. The lowest BCUT2D eigenvalue weighted by atomic mass is 10.3. The van der Waals surface area contributed by atoms with Gasteiger partial charge in [0.15, 0.2) is 5.82 Å². The second kappa shape index (κ2) is 7.39. The summed E-state index contributed by atoms with van der Waals surface area (Å²) in [5, 5.41) is 8.48. The summed E-state index contributed by atoms with van der Waals surface area (Å²) in [4.78, 5) is 6.54. The Balaban J connectivity index is 1.45. The quantitative estimate of drug-likeness (QED) is 0.497. The van der Waals surface area contributed by atoms with E-state index in [9.17, 15) is 8.42 Å². The highest BCUT2D eigenvalue weighted by atomic mass is 32.2. The number of methoxy groups -OCH3 is 1. The van der Waals surface area contributed by atoms with Gasteiger partial charge in [-0.1, -0.05) is 6.07 Å². The fraction of sp³-hybridized carbons (Fsp3) is 0.176. The molecule has 0 unspecified atom stereocenters. The Morgan fingerprint density at radius 2 is 2.00 bits per heavy atom. The van der Waals surface area contributed by atoms with Gasteiger partial charge in [-0.2, -0.15) is 4.98 Å². The van der Waals surface area contributed by atoms with Gasteiger partial charge in [-0.25, -0.2) is 17.7 Å². The number of rotatable bonds is 7. The van der Waals surface area contributed by atoms with E-state index in [4.69, 9.17) is 4.74 Å². The summed E-state index contributed by atoms with van der Waals surface area (Å²) >= 11 is 3.08. The minimum absolute atomic E-state index is 0.208. The Kier molecular flexibility index (Phi) is 4.96. The Morgan fingerprint density at radius 1 is 1.19 bits per heavy atom. The summed E-state index contributed by atoms with van der Waals surface area (Å²) in [5.74, 6) is 1.30. The largest absolute Gasteiger partial charge is 0.497 e. The monoisotopic (exact) mass is 420 g/mol. The van der Waals surface area contributed by atoms with Crippen LogP contribution in [-0.2, 0) is 16.4 Å². The molecule has 0 radical (unpaired) electrons. The smallest absolute Gasteiger partial charge is 0.240 e. The Bertz CT molecular complexity index is 1150. The second-order valence-corrected chi connectivity index (χ2v) is 9.21. The minimum Gasteiger partial charge on any atom is -0.497 e. The normalized spacial score (nSPS) is 11.9. The maximum absolute atomic E-state index is 12.4. The molecular formula is C17H16N4O3S3. The number of aromatic nitrogens is 3. The van der Waals surface area contributed by atoms with E-state index >= 15 is 0 Å². The highest BCUT2D eigenvalue weighted by Gasteiger charge is 2.15. The molecule has 7 nitrogen and oxygen atoms in total. The third-order valence-corrected chi connectivity index (χ3v) is 7.14. The molecule has 27 heavy (non-hydrogen) atoms. The van der Waals surface area contributed by atoms with Crippen LogP contribution >= 0.6 is 22.7 Å². The lowest BCUT2D eigenvalue weighted by Crippen LogP contribution is -2.26. The lowest BCUT2D eigenvalue weighted by molar-refractivity contribution is 0.414. The SMILES string of the molecule is COc1ccc(S(=O)(=O)NCCc2csc3nc(-c4cccs4)nn23)cc1. The van der Waals surface area contributed by atoms with Crippen LogP contribution in [0.2, 0.25) is 0 Å². The summed E-state index contributed by atoms with van der Waals surface area (Å²) in [5.41, 5.74) is 0.919. The van der Waals surface area contributed by atoms with Gasteiger partial charge in [-0.3, -0.25) is 0 Å². The molecule has 1 N–H and O–H groups in total. The molecule has 0 spiro atoms. The van der Waals surface area contributed by atoms with Gasteiger partial charge in [0.1, 0.15) is 5.75 Å². The van der Waals surface area contributed by atoms with Crippen LogP contribution in [0.3, 0.4) is 0 Å². The molecule has 0 fully saturated rings. The van der Waals surface area contributed by atoms with Gasteiger partial charge in [0, 0.05) is 18.3 Å². The molecule has 0 saturated carbocycles. The molecule has 0 aliphatic rings. The van der Waals surface area contributed by atoms with Gasteiger partial charge in [-0.15, -0.1) is 27.8 Å². The van der Waals surface area contributed by atoms with Crippen molar-refractivity contribution in [2.75, 3.05) is 13.7 Å².